The lowest BCUT2D eigenvalue weighted by molar-refractivity contribution is 0.0938. The summed E-state index contributed by atoms with van der Waals surface area (Å²) < 4.78 is 7.19. The molecule has 4 aromatic rings. The van der Waals surface area contributed by atoms with E-state index in [0.717, 1.165) is 28.0 Å². The molecule has 1 N–H and O–H groups in total. The van der Waals surface area contributed by atoms with Crippen molar-refractivity contribution in [3.05, 3.63) is 93.9 Å². The summed E-state index contributed by atoms with van der Waals surface area (Å²) in [6, 6.07) is 21.5. The molecule has 1 atom stereocenters. The molecule has 1 amide bonds. The Kier molecular flexibility index (Phi) is 7.24. The molecule has 0 saturated heterocycles. The molecule has 2 heterocycles. The highest BCUT2D eigenvalue weighted by atomic mass is 32.2. The number of methoxy groups -OCH3 is 1. The number of thioether (sulfide) groups is 1. The maximum absolute atomic E-state index is 12.8. The summed E-state index contributed by atoms with van der Waals surface area (Å²) in [7, 11) is 3.61. The van der Waals surface area contributed by atoms with Crippen LogP contribution in [0.25, 0.3) is 0 Å². The Balaban J connectivity index is 1.52. The summed E-state index contributed by atoms with van der Waals surface area (Å²) in [5.74, 6) is 2.23. The molecule has 0 fully saturated rings. The number of rotatable bonds is 9. The first-order valence-corrected chi connectivity index (χ1v) is 12.0. The molecule has 0 radical (unpaired) electrons. The lowest BCUT2D eigenvalue weighted by Crippen LogP contribution is -2.31. The van der Waals surface area contributed by atoms with E-state index in [2.05, 4.69) is 27.6 Å². The fraction of sp³-hybridized carbons (Fsp3) is 0.208. The van der Waals surface area contributed by atoms with Gasteiger partial charge in [0.25, 0.3) is 5.91 Å². The number of amides is 1. The number of ether oxygens (including phenoxy) is 1. The molecule has 0 spiro atoms. The number of carbonyl (C=O) groups excluding carboxylic acids is 1. The van der Waals surface area contributed by atoms with Crippen LogP contribution in [0.5, 0.6) is 5.75 Å². The van der Waals surface area contributed by atoms with Gasteiger partial charge in [-0.05, 0) is 41.1 Å². The van der Waals surface area contributed by atoms with Crippen LogP contribution >= 0.6 is 23.1 Å². The van der Waals surface area contributed by atoms with Gasteiger partial charge in [-0.25, -0.2) is 0 Å². The highest BCUT2D eigenvalue weighted by Crippen LogP contribution is 2.26. The summed E-state index contributed by atoms with van der Waals surface area (Å²) in [6.07, 6.45) is 0.632. The van der Waals surface area contributed by atoms with Crippen LogP contribution in [0.3, 0.4) is 0 Å². The minimum absolute atomic E-state index is 0.101. The number of nitrogens with zero attached hydrogens (tertiary/aromatic N) is 3. The van der Waals surface area contributed by atoms with Gasteiger partial charge in [0.1, 0.15) is 5.75 Å². The van der Waals surface area contributed by atoms with Gasteiger partial charge in [-0.1, -0.05) is 60.3 Å². The van der Waals surface area contributed by atoms with E-state index in [4.69, 9.17) is 4.74 Å². The van der Waals surface area contributed by atoms with Crippen LogP contribution in [0.2, 0.25) is 0 Å². The van der Waals surface area contributed by atoms with E-state index in [1.165, 1.54) is 16.9 Å². The zero-order chi connectivity index (χ0) is 22.3. The number of thiophene rings is 1. The molecule has 2 aromatic heterocycles. The van der Waals surface area contributed by atoms with Crippen LogP contribution in [-0.4, -0.2) is 27.8 Å². The minimum Gasteiger partial charge on any atom is -0.497 e. The molecule has 32 heavy (non-hydrogen) atoms. The Hall–Kier alpha value is -3.10. The van der Waals surface area contributed by atoms with Gasteiger partial charge in [0.2, 0.25) is 0 Å². The van der Waals surface area contributed by atoms with Crippen LogP contribution in [0.1, 0.15) is 32.7 Å². The van der Waals surface area contributed by atoms with Crippen molar-refractivity contribution in [2.24, 2.45) is 7.05 Å². The number of aromatic nitrogens is 3. The SMILES string of the molecule is COc1ccc(CSc2nnc(C(Cc3ccccc3)NC(=O)c3cccs3)n2C)cc1. The summed E-state index contributed by atoms with van der Waals surface area (Å²) in [5.41, 5.74) is 2.30. The van der Waals surface area contributed by atoms with Crippen LogP contribution in [0.15, 0.2) is 77.3 Å². The van der Waals surface area contributed by atoms with Gasteiger partial charge >= 0.3 is 0 Å². The smallest absolute Gasteiger partial charge is 0.261 e. The zero-order valence-electron chi connectivity index (χ0n) is 17.9. The second-order valence-electron chi connectivity index (χ2n) is 7.23. The van der Waals surface area contributed by atoms with Crippen molar-refractivity contribution in [3.63, 3.8) is 0 Å². The van der Waals surface area contributed by atoms with E-state index in [9.17, 15) is 4.79 Å². The van der Waals surface area contributed by atoms with Crippen molar-refractivity contribution in [2.45, 2.75) is 23.4 Å². The highest BCUT2D eigenvalue weighted by Gasteiger charge is 2.23. The van der Waals surface area contributed by atoms with Crippen molar-refractivity contribution in [1.82, 2.24) is 20.1 Å². The third-order valence-corrected chi connectivity index (χ3v) is 7.00. The van der Waals surface area contributed by atoms with Crippen molar-refractivity contribution >= 4 is 29.0 Å². The minimum atomic E-state index is -0.292. The molecule has 0 aliphatic carbocycles. The Bertz CT molecular complexity index is 1140. The predicted octanol–water partition coefficient (Wildman–Crippen LogP) is 4.89. The molecule has 164 valence electrons. The molecule has 4 rings (SSSR count). The van der Waals surface area contributed by atoms with Gasteiger partial charge in [-0.3, -0.25) is 4.79 Å². The fourth-order valence-electron chi connectivity index (χ4n) is 3.32. The largest absolute Gasteiger partial charge is 0.497 e. The molecule has 2 aromatic carbocycles. The molecule has 0 saturated carbocycles. The van der Waals surface area contributed by atoms with Gasteiger partial charge in [0, 0.05) is 12.8 Å². The zero-order valence-corrected chi connectivity index (χ0v) is 19.5. The van der Waals surface area contributed by atoms with Crippen LogP contribution in [-0.2, 0) is 19.2 Å². The molecule has 0 bridgehead atoms. The number of hydrogen-bond acceptors (Lipinski definition) is 6. The lowest BCUT2D eigenvalue weighted by atomic mass is 10.1. The molecule has 1 unspecified atom stereocenters. The van der Waals surface area contributed by atoms with E-state index in [0.29, 0.717) is 11.3 Å². The average Bonchev–Trinajstić information content (AvgIpc) is 3.49. The summed E-state index contributed by atoms with van der Waals surface area (Å²) in [4.78, 5) is 13.5. The number of nitrogens with one attached hydrogen (secondary N) is 1. The summed E-state index contributed by atoms with van der Waals surface area (Å²) in [5, 5.41) is 14.7. The number of carbonyl (C=O) groups is 1. The van der Waals surface area contributed by atoms with Gasteiger partial charge in [0.05, 0.1) is 18.0 Å². The lowest BCUT2D eigenvalue weighted by Gasteiger charge is -2.18. The van der Waals surface area contributed by atoms with E-state index < -0.39 is 0 Å². The van der Waals surface area contributed by atoms with E-state index >= 15 is 0 Å². The Morgan fingerprint density at radius 3 is 2.53 bits per heavy atom. The number of hydrogen-bond donors (Lipinski definition) is 1. The third-order valence-electron chi connectivity index (χ3n) is 5.04. The third kappa shape index (κ3) is 5.38. The highest BCUT2D eigenvalue weighted by molar-refractivity contribution is 7.98. The van der Waals surface area contributed by atoms with Crippen LogP contribution < -0.4 is 10.1 Å². The van der Waals surface area contributed by atoms with Crippen molar-refractivity contribution in [2.75, 3.05) is 7.11 Å². The van der Waals surface area contributed by atoms with Gasteiger partial charge in [-0.2, -0.15) is 0 Å². The van der Waals surface area contributed by atoms with E-state index in [1.54, 1.807) is 18.9 Å². The van der Waals surface area contributed by atoms with Crippen LogP contribution in [0, 0.1) is 0 Å². The molecule has 8 heteroatoms. The normalized spacial score (nSPS) is 11.8. The van der Waals surface area contributed by atoms with Gasteiger partial charge in [0.15, 0.2) is 11.0 Å². The van der Waals surface area contributed by atoms with E-state index in [-0.39, 0.29) is 11.9 Å². The molecule has 0 aliphatic heterocycles. The maximum atomic E-state index is 12.8. The monoisotopic (exact) mass is 464 g/mol. The fourth-order valence-corrected chi connectivity index (χ4v) is 4.82. The van der Waals surface area contributed by atoms with Gasteiger partial charge < -0.3 is 14.6 Å². The Labute approximate surface area is 195 Å². The first-order chi connectivity index (χ1) is 15.6. The van der Waals surface area contributed by atoms with Crippen molar-refractivity contribution in [1.29, 1.82) is 0 Å². The topological polar surface area (TPSA) is 69.0 Å². The Morgan fingerprint density at radius 1 is 1.06 bits per heavy atom. The molecular formula is C24H24N4O2S2. The quantitative estimate of drug-likeness (QED) is 0.357. The maximum Gasteiger partial charge on any atom is 0.261 e. The summed E-state index contributed by atoms with van der Waals surface area (Å²) in [6.45, 7) is 0. The second kappa shape index (κ2) is 10.5. The van der Waals surface area contributed by atoms with Crippen LogP contribution in [0.4, 0.5) is 0 Å². The average molecular weight is 465 g/mol. The van der Waals surface area contributed by atoms with Crippen molar-refractivity contribution < 1.29 is 9.53 Å². The van der Waals surface area contributed by atoms with Crippen molar-refractivity contribution in [3.8, 4) is 5.75 Å². The predicted molar refractivity (Wildman–Crippen MR) is 128 cm³/mol. The first-order valence-electron chi connectivity index (χ1n) is 10.2. The standard InChI is InChI=1S/C24H24N4O2S2/c1-28-22(26-27-24(28)32-16-18-10-12-19(30-2)13-11-18)20(15-17-7-4-3-5-8-17)25-23(29)21-9-6-14-31-21/h3-14,20H,15-16H2,1-2H3,(H,25,29). The summed E-state index contributed by atoms with van der Waals surface area (Å²) >= 11 is 3.04. The molecular weight excluding hydrogens is 440 g/mol. The first kappa shape index (κ1) is 22.1. The number of benzene rings is 2. The molecule has 0 aliphatic rings. The van der Waals surface area contributed by atoms with E-state index in [1.807, 2.05) is 71.6 Å². The van der Waals surface area contributed by atoms with Gasteiger partial charge in [-0.15, -0.1) is 21.5 Å². The molecule has 6 nitrogen and oxygen atoms in total. The second-order valence-corrected chi connectivity index (χ2v) is 9.12. The Morgan fingerprint density at radius 2 is 1.84 bits per heavy atom.